The second-order valence-electron chi connectivity index (χ2n) is 12.9. The minimum atomic E-state index is -1.92. The van der Waals surface area contributed by atoms with Crippen molar-refractivity contribution in [2.45, 2.75) is 30.8 Å². The number of esters is 1. The third-order valence-corrected chi connectivity index (χ3v) is 11.2. The quantitative estimate of drug-likeness (QED) is 0.129. The summed E-state index contributed by atoms with van der Waals surface area (Å²) in [5.74, 6) is -4.40. The number of nitrogens with zero attached hydrogens (tertiary/aromatic N) is 1. The van der Waals surface area contributed by atoms with E-state index < -0.39 is 34.7 Å². The molecular formula is C43H33Br2NO4. The van der Waals surface area contributed by atoms with Crippen LogP contribution >= 0.6 is 31.9 Å². The molecule has 6 aromatic carbocycles. The molecule has 0 aliphatic heterocycles. The average Bonchev–Trinajstić information content (AvgIpc) is 3.13. The predicted octanol–water partition coefficient (Wildman–Crippen LogP) is 10.2. The van der Waals surface area contributed by atoms with Gasteiger partial charge in [0.15, 0.2) is 11.2 Å². The third kappa shape index (κ3) is 5.56. The van der Waals surface area contributed by atoms with Crippen molar-refractivity contribution in [3.63, 3.8) is 0 Å². The summed E-state index contributed by atoms with van der Waals surface area (Å²) >= 11 is 7.21. The monoisotopic (exact) mass is 785 g/mol. The number of ether oxygens (including phenoxy) is 1. The molecule has 5 nitrogen and oxygen atoms in total. The lowest BCUT2D eigenvalue weighted by Crippen LogP contribution is -2.59. The Bertz CT molecular complexity index is 2300. The second kappa shape index (κ2) is 13.6. The first-order valence-corrected chi connectivity index (χ1v) is 18.1. The van der Waals surface area contributed by atoms with Gasteiger partial charge < -0.3 is 9.84 Å². The number of aliphatic hydroxyl groups is 1. The van der Waals surface area contributed by atoms with E-state index >= 15 is 4.79 Å². The van der Waals surface area contributed by atoms with E-state index in [9.17, 15) is 15.2 Å². The summed E-state index contributed by atoms with van der Waals surface area (Å²) < 4.78 is 7.28. The number of hydrogen-bond donors (Lipinski definition) is 1. The van der Waals surface area contributed by atoms with Gasteiger partial charge in [-0.05, 0) is 75.8 Å². The van der Waals surface area contributed by atoms with Crippen LogP contribution in [-0.4, -0.2) is 23.5 Å². The van der Waals surface area contributed by atoms with E-state index in [1.807, 2.05) is 127 Å². The summed E-state index contributed by atoms with van der Waals surface area (Å²) in [6.45, 7) is 1.74. The number of Topliss-reactive ketones (excluding diaryl/α,β-unsaturated/α-hetero) is 1. The average molecular weight is 788 g/mol. The smallest absolute Gasteiger partial charge is 0.327 e. The van der Waals surface area contributed by atoms with Gasteiger partial charge in [0.1, 0.15) is 5.60 Å². The Morgan fingerprint density at radius 1 is 0.780 bits per heavy atom. The molecule has 1 aliphatic carbocycles. The maximum Gasteiger partial charge on any atom is 0.327 e. The molecule has 0 aromatic heterocycles. The largest absolute Gasteiger partial charge is 0.465 e. The fraction of sp³-hybridized carbons (Fsp3) is 0.186. The van der Waals surface area contributed by atoms with E-state index in [1.54, 1.807) is 13.0 Å². The van der Waals surface area contributed by atoms with E-state index in [1.165, 1.54) is 0 Å². The first kappa shape index (κ1) is 33.9. The molecule has 1 fully saturated rings. The zero-order valence-electron chi connectivity index (χ0n) is 27.2. The van der Waals surface area contributed by atoms with Crippen molar-refractivity contribution in [3.8, 4) is 6.07 Å². The first-order chi connectivity index (χ1) is 24.2. The van der Waals surface area contributed by atoms with Gasteiger partial charge in [-0.1, -0.05) is 141 Å². The van der Waals surface area contributed by atoms with E-state index in [2.05, 4.69) is 37.9 Å². The number of rotatable bonds is 7. The van der Waals surface area contributed by atoms with Gasteiger partial charge in [0.2, 0.25) is 0 Å². The van der Waals surface area contributed by atoms with Gasteiger partial charge in [-0.2, -0.15) is 5.26 Å². The minimum absolute atomic E-state index is 0.0359. The molecule has 50 heavy (non-hydrogen) atoms. The third-order valence-electron chi connectivity index (χ3n) is 10.3. The van der Waals surface area contributed by atoms with Crippen LogP contribution in [0.5, 0.6) is 0 Å². The Hall–Kier alpha value is -4.61. The number of carbonyl (C=O) groups excluding carboxylic acids is 2. The van der Waals surface area contributed by atoms with Crippen LogP contribution in [0.3, 0.4) is 0 Å². The number of fused-ring (bicyclic) bond motifs is 2. The molecule has 248 valence electrons. The Morgan fingerprint density at radius 2 is 1.34 bits per heavy atom. The van der Waals surface area contributed by atoms with E-state index in [0.717, 1.165) is 26.0 Å². The molecule has 0 radical (unpaired) electrons. The Labute approximate surface area is 307 Å². The van der Waals surface area contributed by atoms with Gasteiger partial charge in [-0.3, -0.25) is 9.59 Å². The molecule has 0 saturated heterocycles. The highest BCUT2D eigenvalue weighted by molar-refractivity contribution is 9.10. The van der Waals surface area contributed by atoms with E-state index in [4.69, 9.17) is 4.74 Å². The Morgan fingerprint density at radius 3 is 2.00 bits per heavy atom. The highest BCUT2D eigenvalue weighted by atomic mass is 79.9. The topological polar surface area (TPSA) is 87.4 Å². The van der Waals surface area contributed by atoms with Crippen LogP contribution in [0.4, 0.5) is 0 Å². The normalized spacial score (nSPS) is 23.3. The van der Waals surface area contributed by atoms with Crippen molar-refractivity contribution in [1.29, 1.82) is 5.26 Å². The molecule has 0 unspecified atom stereocenters. The fourth-order valence-corrected chi connectivity index (χ4v) is 9.02. The number of halogens is 2. The molecule has 0 heterocycles. The molecule has 6 aromatic rings. The van der Waals surface area contributed by atoms with E-state index in [0.29, 0.717) is 26.7 Å². The van der Waals surface area contributed by atoms with Crippen LogP contribution in [0, 0.1) is 22.7 Å². The molecule has 5 atom stereocenters. The Kier molecular flexibility index (Phi) is 9.21. The zero-order valence-corrected chi connectivity index (χ0v) is 30.4. The summed E-state index contributed by atoms with van der Waals surface area (Å²) in [6.07, 6.45) is -0.102. The summed E-state index contributed by atoms with van der Waals surface area (Å²) in [5.41, 5.74) is -1.58. The van der Waals surface area contributed by atoms with Crippen molar-refractivity contribution < 1.29 is 19.4 Å². The lowest BCUT2D eigenvalue weighted by atomic mass is 9.47. The molecule has 1 N–H and O–H groups in total. The van der Waals surface area contributed by atoms with Crippen molar-refractivity contribution in [1.82, 2.24) is 0 Å². The number of hydrogen-bond acceptors (Lipinski definition) is 5. The molecule has 0 spiro atoms. The van der Waals surface area contributed by atoms with Crippen LogP contribution in [0.25, 0.3) is 21.5 Å². The van der Waals surface area contributed by atoms with E-state index in [-0.39, 0.29) is 18.8 Å². The molecule has 0 amide bonds. The van der Waals surface area contributed by atoms with Crippen molar-refractivity contribution in [2.24, 2.45) is 11.3 Å². The van der Waals surface area contributed by atoms with Crippen molar-refractivity contribution >= 4 is 65.2 Å². The van der Waals surface area contributed by atoms with Crippen LogP contribution in [0.1, 0.15) is 52.2 Å². The first-order valence-electron chi connectivity index (χ1n) is 16.5. The molecule has 7 rings (SSSR count). The number of ketones is 1. The van der Waals surface area contributed by atoms with Gasteiger partial charge in [-0.25, -0.2) is 0 Å². The summed E-state index contributed by atoms with van der Waals surface area (Å²) in [6, 6.07) is 44.0. The fourth-order valence-electron chi connectivity index (χ4n) is 8.18. The highest BCUT2D eigenvalue weighted by Gasteiger charge is 2.68. The number of benzene rings is 6. The highest BCUT2D eigenvalue weighted by Crippen LogP contribution is 2.64. The predicted molar refractivity (Wildman–Crippen MR) is 203 cm³/mol. The molecule has 7 heteroatoms. The summed E-state index contributed by atoms with van der Waals surface area (Å²) in [5, 5.41) is 28.5. The van der Waals surface area contributed by atoms with Crippen LogP contribution in [-0.2, 0) is 15.1 Å². The minimum Gasteiger partial charge on any atom is -0.465 e. The van der Waals surface area contributed by atoms with Gasteiger partial charge in [-0.15, -0.1) is 0 Å². The standard InChI is InChI=1S/C43H33Br2NO4/c1-2-50-41(48)42(26-46)37(29-15-7-17-31(44)23-29)25-43(49,36-22-10-14-28-12-4-6-20-34(28)36)39(38(42)30-16-8-18-32(45)24-30)40(47)35-21-9-13-27-11-3-5-19-33(27)35/h3-24,37-39,49H,2,25H2,1H3/t37-,38+,39-,42+,43-/m0/s1. The van der Waals surface area contributed by atoms with Gasteiger partial charge in [0, 0.05) is 26.3 Å². The summed E-state index contributed by atoms with van der Waals surface area (Å²) in [7, 11) is 0. The lowest BCUT2D eigenvalue weighted by molar-refractivity contribution is -0.164. The maximum absolute atomic E-state index is 15.6. The zero-order chi connectivity index (χ0) is 35.0. The number of carbonyl (C=O) groups is 2. The van der Waals surface area contributed by atoms with Crippen LogP contribution < -0.4 is 0 Å². The van der Waals surface area contributed by atoms with Crippen molar-refractivity contribution in [2.75, 3.05) is 6.61 Å². The molecule has 1 saturated carbocycles. The lowest BCUT2D eigenvalue weighted by Gasteiger charge is -2.54. The SMILES string of the molecule is CCOC(=O)[C@@]1(C#N)[C@H](c2cccc(Br)c2)[C@@H](C(=O)c2cccc3ccccc23)[C@@](O)(c2cccc3ccccc23)C[C@H]1c1cccc(Br)c1. The molecule has 1 aliphatic rings. The molecule has 0 bridgehead atoms. The Balaban J connectivity index is 1.63. The van der Waals surface area contributed by atoms with Crippen LogP contribution in [0.2, 0.25) is 0 Å². The summed E-state index contributed by atoms with van der Waals surface area (Å²) in [4.78, 5) is 30.4. The second-order valence-corrected chi connectivity index (χ2v) is 14.7. The van der Waals surface area contributed by atoms with Gasteiger partial charge in [0.25, 0.3) is 0 Å². The number of nitriles is 1. The maximum atomic E-state index is 15.6. The van der Waals surface area contributed by atoms with Gasteiger partial charge in [0.05, 0.1) is 18.6 Å². The molecular weight excluding hydrogens is 754 g/mol. The van der Waals surface area contributed by atoms with Gasteiger partial charge >= 0.3 is 5.97 Å². The van der Waals surface area contributed by atoms with Crippen LogP contribution in [0.15, 0.2) is 142 Å². The van der Waals surface area contributed by atoms with Crippen molar-refractivity contribution in [3.05, 3.63) is 165 Å².